The molecule has 2 fully saturated rings. The maximum Gasteiger partial charge on any atom is 0.193 e. The Balaban J connectivity index is 1.52. The zero-order chi connectivity index (χ0) is 19.1. The van der Waals surface area contributed by atoms with Gasteiger partial charge in [0.05, 0.1) is 13.2 Å². The lowest BCUT2D eigenvalue weighted by molar-refractivity contribution is 0.0315. The number of benzene rings is 1. The predicted molar refractivity (Wildman–Crippen MR) is 103 cm³/mol. The van der Waals surface area contributed by atoms with Crippen LogP contribution in [0.2, 0.25) is 0 Å². The van der Waals surface area contributed by atoms with Gasteiger partial charge in [-0.25, -0.2) is 8.78 Å². The van der Waals surface area contributed by atoms with Crippen molar-refractivity contribution >= 4 is 5.96 Å². The van der Waals surface area contributed by atoms with Crippen molar-refractivity contribution in [3.63, 3.8) is 0 Å². The highest BCUT2D eigenvalue weighted by molar-refractivity contribution is 5.80. The second-order valence-corrected chi connectivity index (χ2v) is 7.24. The van der Waals surface area contributed by atoms with Gasteiger partial charge in [-0.1, -0.05) is 6.07 Å². The molecule has 150 valence electrons. The van der Waals surface area contributed by atoms with E-state index in [1.54, 1.807) is 0 Å². The van der Waals surface area contributed by atoms with Crippen LogP contribution in [0.25, 0.3) is 0 Å². The first-order chi connectivity index (χ1) is 13.2. The average Bonchev–Trinajstić information content (AvgIpc) is 3.12. The topological polar surface area (TPSA) is 40.1 Å². The molecule has 27 heavy (non-hydrogen) atoms. The van der Waals surface area contributed by atoms with Crippen molar-refractivity contribution < 1.29 is 13.5 Å². The Hall–Kier alpha value is -1.73. The number of nitrogens with zero attached hydrogens (tertiary/aromatic N) is 3. The molecule has 1 unspecified atom stereocenters. The molecular weight excluding hydrogens is 350 g/mol. The van der Waals surface area contributed by atoms with Crippen LogP contribution >= 0.6 is 0 Å². The van der Waals surface area contributed by atoms with Crippen molar-refractivity contribution in [2.24, 2.45) is 10.9 Å². The van der Waals surface area contributed by atoms with Crippen LogP contribution in [0.1, 0.15) is 18.9 Å². The summed E-state index contributed by atoms with van der Waals surface area (Å²) in [5, 5.41) is 3.35. The summed E-state index contributed by atoms with van der Waals surface area (Å²) < 4.78 is 32.2. The molecule has 2 aliphatic rings. The molecule has 2 aliphatic heterocycles. The molecule has 0 bridgehead atoms. The van der Waals surface area contributed by atoms with Crippen LogP contribution in [-0.4, -0.2) is 74.8 Å². The normalized spacial score (nSPS) is 21.7. The second-order valence-electron chi connectivity index (χ2n) is 7.24. The van der Waals surface area contributed by atoms with Gasteiger partial charge >= 0.3 is 0 Å². The first-order valence-electron chi connectivity index (χ1n) is 9.93. The largest absolute Gasteiger partial charge is 0.379 e. The van der Waals surface area contributed by atoms with E-state index in [0.29, 0.717) is 24.4 Å². The molecule has 5 nitrogen and oxygen atoms in total. The Labute approximate surface area is 160 Å². The van der Waals surface area contributed by atoms with E-state index < -0.39 is 11.6 Å². The number of halogens is 2. The first-order valence-corrected chi connectivity index (χ1v) is 9.93. The van der Waals surface area contributed by atoms with Crippen molar-refractivity contribution in [3.8, 4) is 0 Å². The average molecular weight is 380 g/mol. The number of guanidine groups is 1. The van der Waals surface area contributed by atoms with Crippen molar-refractivity contribution in [3.05, 3.63) is 35.4 Å². The van der Waals surface area contributed by atoms with Gasteiger partial charge in [0.25, 0.3) is 0 Å². The molecule has 0 saturated carbocycles. The van der Waals surface area contributed by atoms with Gasteiger partial charge in [0, 0.05) is 51.9 Å². The van der Waals surface area contributed by atoms with Crippen LogP contribution in [0.5, 0.6) is 0 Å². The maximum atomic E-state index is 13.8. The maximum absolute atomic E-state index is 13.8. The lowest BCUT2D eigenvalue weighted by atomic mass is 10.1. The molecule has 1 atom stereocenters. The molecule has 0 aliphatic carbocycles. The monoisotopic (exact) mass is 380 g/mol. The minimum Gasteiger partial charge on any atom is -0.379 e. The SMILES string of the molecule is CCNC(=NCCc1ccc(F)cc1F)N1CCC(CN2CCOCC2)C1. The highest BCUT2D eigenvalue weighted by atomic mass is 19.1. The zero-order valence-corrected chi connectivity index (χ0v) is 16.1. The van der Waals surface area contributed by atoms with E-state index >= 15 is 0 Å². The molecule has 1 aromatic rings. The number of likely N-dealkylation sites (tertiary alicyclic amines) is 1. The molecule has 0 spiro atoms. The first kappa shape index (κ1) is 20.0. The van der Waals surface area contributed by atoms with Crippen LogP contribution in [0.3, 0.4) is 0 Å². The van der Waals surface area contributed by atoms with Gasteiger partial charge in [-0.3, -0.25) is 9.89 Å². The van der Waals surface area contributed by atoms with E-state index in [9.17, 15) is 8.78 Å². The zero-order valence-electron chi connectivity index (χ0n) is 16.1. The fourth-order valence-electron chi connectivity index (χ4n) is 3.76. The van der Waals surface area contributed by atoms with E-state index in [-0.39, 0.29) is 0 Å². The highest BCUT2D eigenvalue weighted by Gasteiger charge is 2.27. The highest BCUT2D eigenvalue weighted by Crippen LogP contribution is 2.18. The summed E-state index contributed by atoms with van der Waals surface area (Å²) in [5.74, 6) is 0.490. The fraction of sp³-hybridized carbons (Fsp3) is 0.650. The summed E-state index contributed by atoms with van der Waals surface area (Å²) in [6.07, 6.45) is 1.63. The van der Waals surface area contributed by atoms with Gasteiger partial charge in [0.15, 0.2) is 5.96 Å². The van der Waals surface area contributed by atoms with E-state index in [2.05, 4.69) is 27.0 Å². The van der Waals surface area contributed by atoms with E-state index in [1.807, 2.05) is 0 Å². The predicted octanol–water partition coefficient (Wildman–Crippen LogP) is 2.13. The fourth-order valence-corrected chi connectivity index (χ4v) is 3.76. The quantitative estimate of drug-likeness (QED) is 0.606. The molecule has 3 rings (SSSR count). The number of hydrogen-bond donors (Lipinski definition) is 1. The number of hydrogen-bond acceptors (Lipinski definition) is 3. The smallest absolute Gasteiger partial charge is 0.193 e. The Morgan fingerprint density at radius 3 is 2.81 bits per heavy atom. The van der Waals surface area contributed by atoms with Crippen LogP contribution in [0, 0.1) is 17.6 Å². The van der Waals surface area contributed by atoms with Gasteiger partial charge in [-0.05, 0) is 37.3 Å². The van der Waals surface area contributed by atoms with Crippen LogP contribution in [-0.2, 0) is 11.2 Å². The van der Waals surface area contributed by atoms with E-state index in [0.717, 1.165) is 70.9 Å². The summed E-state index contributed by atoms with van der Waals surface area (Å²) in [6, 6.07) is 3.73. The standard InChI is InChI=1S/C20H30F2N4O/c1-2-23-20(24-7-5-17-3-4-18(21)13-19(17)22)26-8-6-16(15-26)14-25-9-11-27-12-10-25/h3-4,13,16H,2,5-12,14-15H2,1H3,(H,23,24). The second kappa shape index (κ2) is 9.99. The molecule has 0 aromatic heterocycles. The summed E-state index contributed by atoms with van der Waals surface area (Å²) in [7, 11) is 0. The van der Waals surface area contributed by atoms with Crippen molar-refractivity contribution in [2.45, 2.75) is 19.8 Å². The molecular formula is C20H30F2N4O. The Morgan fingerprint density at radius 1 is 1.26 bits per heavy atom. The lowest BCUT2D eigenvalue weighted by Crippen LogP contribution is -2.42. The molecule has 1 aromatic carbocycles. The minimum atomic E-state index is -0.545. The molecule has 0 radical (unpaired) electrons. The van der Waals surface area contributed by atoms with Gasteiger partial charge < -0.3 is 15.0 Å². The van der Waals surface area contributed by atoms with Crippen LogP contribution in [0.4, 0.5) is 8.78 Å². The number of nitrogens with one attached hydrogen (secondary N) is 1. The van der Waals surface area contributed by atoms with Gasteiger partial charge in [-0.2, -0.15) is 0 Å². The number of rotatable bonds is 6. The third-order valence-corrected chi connectivity index (χ3v) is 5.20. The number of aliphatic imine (C=N–C) groups is 1. The summed E-state index contributed by atoms with van der Waals surface area (Å²) >= 11 is 0. The van der Waals surface area contributed by atoms with E-state index in [1.165, 1.54) is 12.1 Å². The summed E-state index contributed by atoms with van der Waals surface area (Å²) in [5.41, 5.74) is 0.502. The van der Waals surface area contributed by atoms with Crippen LogP contribution in [0.15, 0.2) is 23.2 Å². The number of ether oxygens (including phenoxy) is 1. The van der Waals surface area contributed by atoms with E-state index in [4.69, 9.17) is 4.74 Å². The van der Waals surface area contributed by atoms with Crippen molar-refractivity contribution in [2.75, 3.05) is 59.0 Å². The molecule has 2 saturated heterocycles. The third-order valence-electron chi connectivity index (χ3n) is 5.20. The van der Waals surface area contributed by atoms with Crippen molar-refractivity contribution in [1.82, 2.24) is 15.1 Å². The minimum absolute atomic E-state index is 0.464. The molecule has 0 amide bonds. The van der Waals surface area contributed by atoms with Crippen LogP contribution < -0.4 is 5.32 Å². The Bertz CT molecular complexity index is 634. The third kappa shape index (κ3) is 5.87. The summed E-state index contributed by atoms with van der Waals surface area (Å²) in [6.45, 7) is 10.1. The Morgan fingerprint density at radius 2 is 2.07 bits per heavy atom. The van der Waals surface area contributed by atoms with Gasteiger partial charge in [-0.15, -0.1) is 0 Å². The Kier molecular flexibility index (Phi) is 7.41. The van der Waals surface area contributed by atoms with Crippen molar-refractivity contribution in [1.29, 1.82) is 0 Å². The van der Waals surface area contributed by atoms with Gasteiger partial charge in [0.2, 0.25) is 0 Å². The molecule has 2 heterocycles. The summed E-state index contributed by atoms with van der Waals surface area (Å²) in [4.78, 5) is 9.46. The lowest BCUT2D eigenvalue weighted by Gasteiger charge is -2.29. The molecule has 1 N–H and O–H groups in total. The number of morpholine rings is 1. The van der Waals surface area contributed by atoms with Gasteiger partial charge in [0.1, 0.15) is 11.6 Å². The molecule has 7 heteroatoms.